The molecule has 2 rings (SSSR count). The number of nitrogens with zero attached hydrogens (tertiary/aromatic N) is 1. The Morgan fingerprint density at radius 3 is 2.14 bits per heavy atom. The minimum absolute atomic E-state index is 0.108. The van der Waals surface area contributed by atoms with Gasteiger partial charge in [0.15, 0.2) is 0 Å². The van der Waals surface area contributed by atoms with Gasteiger partial charge in [-0.15, -0.1) is 0 Å². The number of benzene rings is 2. The molecule has 1 N–H and O–H groups in total. The van der Waals surface area contributed by atoms with Crippen molar-refractivity contribution in [1.82, 2.24) is 4.31 Å². The molecule has 5 nitrogen and oxygen atoms in total. The smallest absolute Gasteiger partial charge is 0.335 e. The average Bonchev–Trinajstić information content (AvgIpc) is 2.46. The molecule has 0 atom stereocenters. The summed E-state index contributed by atoms with van der Waals surface area (Å²) in [6.45, 7) is 0. The van der Waals surface area contributed by atoms with Gasteiger partial charge in [0.1, 0.15) is 5.82 Å². The summed E-state index contributed by atoms with van der Waals surface area (Å²) in [4.78, 5) is 11.1. The van der Waals surface area contributed by atoms with Gasteiger partial charge in [0.05, 0.1) is 10.5 Å². The number of carboxylic acid groups (broad SMARTS) is 1. The highest BCUT2D eigenvalue weighted by Crippen LogP contribution is 2.24. The van der Waals surface area contributed by atoms with Crippen molar-refractivity contribution in [2.75, 3.05) is 14.1 Å². The third-order valence-electron chi connectivity index (χ3n) is 3.11. The third-order valence-corrected chi connectivity index (χ3v) is 4.94. The van der Waals surface area contributed by atoms with E-state index in [-0.39, 0.29) is 10.5 Å². The van der Waals surface area contributed by atoms with Crippen molar-refractivity contribution in [3.05, 3.63) is 53.8 Å². The molecule has 0 aliphatic heterocycles. The standard InChI is InChI=1S/C15H14FNO4S/c1-17(2)22(20,21)14-5-3-10(4-6-14)11-7-12(15(18)19)9-13(16)8-11/h3-9H,1-2H3,(H,18,19). The molecule has 0 amide bonds. The lowest BCUT2D eigenvalue weighted by Gasteiger charge is -2.12. The summed E-state index contributed by atoms with van der Waals surface area (Å²) in [6, 6.07) is 9.28. The van der Waals surface area contributed by atoms with E-state index >= 15 is 0 Å². The lowest BCUT2D eigenvalue weighted by atomic mass is 10.0. The van der Waals surface area contributed by atoms with Crippen molar-refractivity contribution in [1.29, 1.82) is 0 Å². The molecular formula is C15H14FNO4S. The molecule has 2 aromatic carbocycles. The third kappa shape index (κ3) is 3.15. The van der Waals surface area contributed by atoms with Crippen molar-refractivity contribution in [3.8, 4) is 11.1 Å². The van der Waals surface area contributed by atoms with Crippen LogP contribution in [0.15, 0.2) is 47.4 Å². The van der Waals surface area contributed by atoms with Crippen molar-refractivity contribution in [2.24, 2.45) is 0 Å². The fourth-order valence-corrected chi connectivity index (χ4v) is 2.81. The van der Waals surface area contributed by atoms with Gasteiger partial charge in [-0.1, -0.05) is 12.1 Å². The molecule has 0 radical (unpaired) electrons. The number of carbonyl (C=O) groups is 1. The van der Waals surface area contributed by atoms with Gasteiger partial charge in [0.25, 0.3) is 0 Å². The van der Waals surface area contributed by atoms with Crippen LogP contribution in [0.3, 0.4) is 0 Å². The lowest BCUT2D eigenvalue weighted by molar-refractivity contribution is 0.0696. The van der Waals surface area contributed by atoms with Gasteiger partial charge in [-0.05, 0) is 41.5 Å². The molecule has 0 bridgehead atoms. The zero-order chi connectivity index (χ0) is 16.5. The molecule has 0 unspecified atom stereocenters. The van der Waals surface area contributed by atoms with Crippen LogP contribution in [0.4, 0.5) is 4.39 Å². The number of aromatic carboxylic acids is 1. The average molecular weight is 323 g/mol. The van der Waals surface area contributed by atoms with Gasteiger partial charge in [0, 0.05) is 14.1 Å². The second-order valence-corrected chi connectivity index (χ2v) is 7.00. The number of hydrogen-bond acceptors (Lipinski definition) is 3. The summed E-state index contributed by atoms with van der Waals surface area (Å²) < 4.78 is 38.5. The largest absolute Gasteiger partial charge is 0.478 e. The Labute approximate surface area is 127 Å². The number of carboxylic acids is 1. The fraction of sp³-hybridized carbons (Fsp3) is 0.133. The van der Waals surface area contributed by atoms with E-state index in [2.05, 4.69) is 0 Å². The first kappa shape index (κ1) is 16.1. The second kappa shape index (κ2) is 5.86. The van der Waals surface area contributed by atoms with E-state index in [0.717, 1.165) is 10.4 Å². The number of sulfonamides is 1. The minimum Gasteiger partial charge on any atom is -0.478 e. The maximum absolute atomic E-state index is 13.5. The molecule has 0 spiro atoms. The molecule has 0 heterocycles. The van der Waals surface area contributed by atoms with E-state index in [0.29, 0.717) is 11.1 Å². The van der Waals surface area contributed by atoms with Gasteiger partial charge >= 0.3 is 5.97 Å². The molecule has 0 aliphatic rings. The van der Waals surface area contributed by atoms with Crippen LogP contribution in [0.1, 0.15) is 10.4 Å². The van der Waals surface area contributed by atoms with Gasteiger partial charge in [-0.2, -0.15) is 0 Å². The normalized spacial score (nSPS) is 11.6. The molecule has 0 aliphatic carbocycles. The van der Waals surface area contributed by atoms with Gasteiger partial charge < -0.3 is 5.11 Å². The Hall–Kier alpha value is -2.25. The van der Waals surface area contributed by atoms with Gasteiger partial charge in [-0.3, -0.25) is 0 Å². The van der Waals surface area contributed by atoms with Crippen LogP contribution in [0.25, 0.3) is 11.1 Å². The highest BCUT2D eigenvalue weighted by atomic mass is 32.2. The van der Waals surface area contributed by atoms with E-state index in [1.165, 1.54) is 50.5 Å². The molecule has 0 aromatic heterocycles. The zero-order valence-electron chi connectivity index (χ0n) is 11.9. The van der Waals surface area contributed by atoms with Crippen LogP contribution >= 0.6 is 0 Å². The maximum atomic E-state index is 13.5. The number of halogens is 1. The summed E-state index contributed by atoms with van der Waals surface area (Å²) in [7, 11) is -0.689. The molecule has 22 heavy (non-hydrogen) atoms. The summed E-state index contributed by atoms with van der Waals surface area (Å²) >= 11 is 0. The monoisotopic (exact) mass is 323 g/mol. The van der Waals surface area contributed by atoms with E-state index in [9.17, 15) is 17.6 Å². The van der Waals surface area contributed by atoms with Crippen LogP contribution in [0, 0.1) is 5.82 Å². The van der Waals surface area contributed by atoms with E-state index in [4.69, 9.17) is 5.11 Å². The molecule has 0 saturated carbocycles. The summed E-state index contributed by atoms with van der Waals surface area (Å²) in [5, 5.41) is 8.94. The molecule has 0 fully saturated rings. The molecule has 2 aromatic rings. The number of hydrogen-bond donors (Lipinski definition) is 1. The highest BCUT2D eigenvalue weighted by Gasteiger charge is 2.17. The molecule has 116 valence electrons. The summed E-state index contributed by atoms with van der Waals surface area (Å²) in [5.41, 5.74) is 0.728. The SMILES string of the molecule is CN(C)S(=O)(=O)c1ccc(-c2cc(F)cc(C(=O)O)c2)cc1. The second-order valence-electron chi connectivity index (χ2n) is 4.85. The van der Waals surface area contributed by atoms with Crippen LogP contribution < -0.4 is 0 Å². The Morgan fingerprint density at radius 1 is 1.05 bits per heavy atom. The highest BCUT2D eigenvalue weighted by molar-refractivity contribution is 7.89. The minimum atomic E-state index is -3.54. The summed E-state index contributed by atoms with van der Waals surface area (Å²) in [6.07, 6.45) is 0. The maximum Gasteiger partial charge on any atom is 0.335 e. The Balaban J connectivity index is 2.46. The van der Waals surface area contributed by atoms with Crippen molar-refractivity contribution in [3.63, 3.8) is 0 Å². The Kier molecular flexibility index (Phi) is 4.30. The van der Waals surface area contributed by atoms with Crippen LogP contribution in [0.5, 0.6) is 0 Å². The first-order chi connectivity index (χ1) is 10.2. The van der Waals surface area contributed by atoms with E-state index in [1.54, 1.807) is 0 Å². The van der Waals surface area contributed by atoms with Gasteiger partial charge in [0.2, 0.25) is 10.0 Å². The molecular weight excluding hydrogens is 309 g/mol. The first-order valence-electron chi connectivity index (χ1n) is 6.28. The first-order valence-corrected chi connectivity index (χ1v) is 7.72. The zero-order valence-corrected chi connectivity index (χ0v) is 12.8. The van der Waals surface area contributed by atoms with Crippen molar-refractivity contribution >= 4 is 16.0 Å². The van der Waals surface area contributed by atoms with Crippen molar-refractivity contribution < 1.29 is 22.7 Å². The predicted molar refractivity (Wildman–Crippen MR) is 79.7 cm³/mol. The molecule has 0 saturated heterocycles. The Bertz CT molecular complexity index is 814. The van der Waals surface area contributed by atoms with Crippen molar-refractivity contribution in [2.45, 2.75) is 4.90 Å². The van der Waals surface area contributed by atoms with Crippen LogP contribution in [0.2, 0.25) is 0 Å². The predicted octanol–water partition coefficient (Wildman–Crippen LogP) is 2.44. The lowest BCUT2D eigenvalue weighted by Crippen LogP contribution is -2.22. The van der Waals surface area contributed by atoms with Gasteiger partial charge in [-0.25, -0.2) is 21.9 Å². The summed E-state index contributed by atoms with van der Waals surface area (Å²) in [5.74, 6) is -1.90. The molecule has 7 heteroatoms. The fourth-order valence-electron chi connectivity index (χ4n) is 1.91. The topological polar surface area (TPSA) is 74.7 Å². The quantitative estimate of drug-likeness (QED) is 0.938. The van der Waals surface area contributed by atoms with E-state index < -0.39 is 21.8 Å². The number of rotatable bonds is 4. The van der Waals surface area contributed by atoms with E-state index in [1.807, 2.05) is 0 Å². The Morgan fingerprint density at radius 2 is 1.64 bits per heavy atom. The van der Waals surface area contributed by atoms with Crippen LogP contribution in [-0.4, -0.2) is 37.9 Å². The van der Waals surface area contributed by atoms with Crippen LogP contribution in [-0.2, 0) is 10.0 Å².